The van der Waals surface area contributed by atoms with Gasteiger partial charge in [0.1, 0.15) is 0 Å². The van der Waals surface area contributed by atoms with Crippen LogP contribution in [0.3, 0.4) is 0 Å². The van der Waals surface area contributed by atoms with Crippen molar-refractivity contribution in [2.75, 3.05) is 13.1 Å². The summed E-state index contributed by atoms with van der Waals surface area (Å²) < 4.78 is 5.62. The van der Waals surface area contributed by atoms with Gasteiger partial charge in [0.15, 0.2) is 5.82 Å². The van der Waals surface area contributed by atoms with Crippen LogP contribution in [0.25, 0.3) is 0 Å². The van der Waals surface area contributed by atoms with E-state index in [-0.39, 0.29) is 5.41 Å². The molecule has 20 heavy (non-hydrogen) atoms. The first-order valence-electron chi connectivity index (χ1n) is 7.49. The summed E-state index contributed by atoms with van der Waals surface area (Å²) in [6.07, 6.45) is 4.45. The maximum atomic E-state index is 5.62. The predicted molar refractivity (Wildman–Crippen MR) is 75.6 cm³/mol. The fourth-order valence-corrected chi connectivity index (χ4v) is 3.18. The van der Waals surface area contributed by atoms with Crippen molar-refractivity contribution in [3.8, 4) is 0 Å². The van der Waals surface area contributed by atoms with Crippen LogP contribution in [0, 0.1) is 0 Å². The highest BCUT2D eigenvalue weighted by Gasteiger charge is 2.51. The van der Waals surface area contributed by atoms with Gasteiger partial charge in [0.25, 0.3) is 0 Å². The van der Waals surface area contributed by atoms with E-state index in [1.165, 1.54) is 5.56 Å². The summed E-state index contributed by atoms with van der Waals surface area (Å²) in [4.78, 5) is 4.74. The van der Waals surface area contributed by atoms with Gasteiger partial charge in [-0.2, -0.15) is 4.98 Å². The molecule has 1 aromatic heterocycles. The van der Waals surface area contributed by atoms with Crippen molar-refractivity contribution in [2.24, 2.45) is 0 Å². The molecule has 1 saturated heterocycles. The maximum absolute atomic E-state index is 5.62. The zero-order chi connectivity index (χ0) is 13.4. The van der Waals surface area contributed by atoms with Crippen LogP contribution in [-0.2, 0) is 5.41 Å². The number of rotatable bonds is 3. The lowest BCUT2D eigenvalue weighted by Gasteiger charge is -2.19. The minimum atomic E-state index is -0.000569. The van der Waals surface area contributed by atoms with Crippen LogP contribution in [-0.4, -0.2) is 23.2 Å². The molecule has 1 saturated carbocycles. The zero-order valence-electron chi connectivity index (χ0n) is 11.5. The van der Waals surface area contributed by atoms with E-state index in [0.29, 0.717) is 5.92 Å². The molecule has 0 bridgehead atoms. The Morgan fingerprint density at radius 2 is 1.85 bits per heavy atom. The SMILES string of the molecule is c1ccc(C2(c3nc(C4CCNCC4)no3)CC2)cc1. The third-order valence-corrected chi connectivity index (χ3v) is 4.63. The number of hydrogen-bond donors (Lipinski definition) is 1. The monoisotopic (exact) mass is 269 g/mol. The van der Waals surface area contributed by atoms with Crippen molar-refractivity contribution in [1.29, 1.82) is 0 Å². The second-order valence-corrected chi connectivity index (χ2v) is 5.93. The zero-order valence-corrected chi connectivity index (χ0v) is 11.5. The minimum Gasteiger partial charge on any atom is -0.338 e. The lowest BCUT2D eigenvalue weighted by Crippen LogP contribution is -2.27. The molecule has 0 amide bonds. The van der Waals surface area contributed by atoms with Crippen LogP contribution >= 0.6 is 0 Å². The molecule has 104 valence electrons. The van der Waals surface area contributed by atoms with E-state index in [0.717, 1.165) is 50.5 Å². The average Bonchev–Trinajstić information content (AvgIpc) is 3.19. The predicted octanol–water partition coefficient (Wildman–Crippen LogP) is 2.62. The van der Waals surface area contributed by atoms with E-state index in [1.54, 1.807) is 0 Å². The highest BCUT2D eigenvalue weighted by molar-refractivity contribution is 5.38. The van der Waals surface area contributed by atoms with E-state index < -0.39 is 0 Å². The van der Waals surface area contributed by atoms with E-state index in [4.69, 9.17) is 9.51 Å². The summed E-state index contributed by atoms with van der Waals surface area (Å²) in [5.41, 5.74) is 1.31. The fourth-order valence-electron chi connectivity index (χ4n) is 3.18. The Morgan fingerprint density at radius 1 is 1.10 bits per heavy atom. The molecule has 2 aliphatic rings. The Balaban J connectivity index is 1.62. The van der Waals surface area contributed by atoms with E-state index in [1.807, 2.05) is 6.07 Å². The molecule has 2 heterocycles. The lowest BCUT2D eigenvalue weighted by molar-refractivity contribution is 0.347. The molecular weight excluding hydrogens is 250 g/mol. The molecule has 2 fully saturated rings. The normalized spacial score (nSPS) is 21.8. The van der Waals surface area contributed by atoms with Crippen LogP contribution in [0.4, 0.5) is 0 Å². The second-order valence-electron chi connectivity index (χ2n) is 5.93. The third kappa shape index (κ3) is 1.95. The molecule has 1 aliphatic carbocycles. The lowest BCUT2D eigenvalue weighted by atomic mass is 9.95. The summed E-state index contributed by atoms with van der Waals surface area (Å²) in [5.74, 6) is 2.18. The largest absolute Gasteiger partial charge is 0.338 e. The van der Waals surface area contributed by atoms with Gasteiger partial charge in [0, 0.05) is 5.92 Å². The first-order chi connectivity index (χ1) is 9.88. The molecule has 1 aromatic carbocycles. The minimum absolute atomic E-state index is 0.000569. The summed E-state index contributed by atoms with van der Waals surface area (Å²) in [5, 5.41) is 7.63. The van der Waals surface area contributed by atoms with E-state index in [9.17, 15) is 0 Å². The first-order valence-corrected chi connectivity index (χ1v) is 7.49. The number of benzene rings is 1. The highest BCUT2D eigenvalue weighted by Crippen LogP contribution is 2.52. The number of piperidine rings is 1. The van der Waals surface area contributed by atoms with Crippen molar-refractivity contribution >= 4 is 0 Å². The van der Waals surface area contributed by atoms with Gasteiger partial charge in [-0.05, 0) is 44.3 Å². The molecule has 0 atom stereocenters. The van der Waals surface area contributed by atoms with Crippen molar-refractivity contribution in [1.82, 2.24) is 15.5 Å². The van der Waals surface area contributed by atoms with Crippen LogP contribution in [0.1, 0.15) is 48.9 Å². The molecule has 0 unspecified atom stereocenters. The average molecular weight is 269 g/mol. The van der Waals surface area contributed by atoms with Crippen LogP contribution in [0.2, 0.25) is 0 Å². The van der Waals surface area contributed by atoms with Gasteiger partial charge in [-0.15, -0.1) is 0 Å². The van der Waals surface area contributed by atoms with Gasteiger partial charge in [-0.3, -0.25) is 0 Å². The molecule has 2 aromatic rings. The summed E-state index contributed by atoms with van der Waals surface area (Å²) in [7, 11) is 0. The molecule has 4 heteroatoms. The Labute approximate surface area is 118 Å². The second kappa shape index (κ2) is 4.70. The highest BCUT2D eigenvalue weighted by atomic mass is 16.5. The Morgan fingerprint density at radius 3 is 2.55 bits per heavy atom. The molecule has 1 N–H and O–H groups in total. The van der Waals surface area contributed by atoms with Crippen LogP contribution in [0.5, 0.6) is 0 Å². The fraction of sp³-hybridized carbons (Fsp3) is 0.500. The summed E-state index contributed by atoms with van der Waals surface area (Å²) >= 11 is 0. The Kier molecular flexibility index (Phi) is 2.84. The number of hydrogen-bond acceptors (Lipinski definition) is 4. The van der Waals surface area contributed by atoms with Gasteiger partial charge >= 0.3 is 0 Å². The van der Waals surface area contributed by atoms with E-state index >= 15 is 0 Å². The van der Waals surface area contributed by atoms with E-state index in [2.05, 4.69) is 34.7 Å². The van der Waals surface area contributed by atoms with Crippen molar-refractivity contribution in [3.05, 3.63) is 47.6 Å². The number of nitrogens with zero attached hydrogens (tertiary/aromatic N) is 2. The summed E-state index contributed by atoms with van der Waals surface area (Å²) in [6.45, 7) is 2.11. The number of aromatic nitrogens is 2. The first kappa shape index (κ1) is 12.1. The molecule has 4 rings (SSSR count). The van der Waals surface area contributed by atoms with Crippen molar-refractivity contribution < 1.29 is 4.52 Å². The molecule has 4 nitrogen and oxygen atoms in total. The Bertz CT molecular complexity index is 583. The maximum Gasteiger partial charge on any atom is 0.237 e. The quantitative estimate of drug-likeness (QED) is 0.930. The van der Waals surface area contributed by atoms with Gasteiger partial charge in [0.2, 0.25) is 5.89 Å². The van der Waals surface area contributed by atoms with Gasteiger partial charge < -0.3 is 9.84 Å². The summed E-state index contributed by atoms with van der Waals surface area (Å²) in [6, 6.07) is 10.6. The molecule has 1 aliphatic heterocycles. The van der Waals surface area contributed by atoms with Crippen LogP contribution < -0.4 is 5.32 Å². The van der Waals surface area contributed by atoms with Crippen molar-refractivity contribution in [3.63, 3.8) is 0 Å². The standard InChI is InChI=1S/C16H19N3O/c1-2-4-13(5-3-1)16(8-9-16)15-18-14(19-20-15)12-6-10-17-11-7-12/h1-5,12,17H,6-11H2. The van der Waals surface area contributed by atoms with Crippen LogP contribution in [0.15, 0.2) is 34.9 Å². The third-order valence-electron chi connectivity index (χ3n) is 4.63. The molecule has 0 spiro atoms. The Hall–Kier alpha value is -1.68. The topological polar surface area (TPSA) is 51.0 Å². The smallest absolute Gasteiger partial charge is 0.237 e. The van der Waals surface area contributed by atoms with Gasteiger partial charge in [-0.25, -0.2) is 0 Å². The molecular formula is C16H19N3O. The van der Waals surface area contributed by atoms with Crippen molar-refractivity contribution in [2.45, 2.75) is 37.0 Å². The molecule has 0 radical (unpaired) electrons. The van der Waals surface area contributed by atoms with Gasteiger partial charge in [0.05, 0.1) is 5.41 Å². The number of nitrogens with one attached hydrogen (secondary N) is 1. The van der Waals surface area contributed by atoms with Gasteiger partial charge in [-0.1, -0.05) is 35.5 Å².